The second kappa shape index (κ2) is 7.57. The molecule has 0 fully saturated rings. The van der Waals surface area contributed by atoms with Crippen molar-refractivity contribution in [2.24, 2.45) is 0 Å². The molecule has 0 aliphatic carbocycles. The van der Waals surface area contributed by atoms with E-state index in [1.807, 2.05) is 18.2 Å². The van der Waals surface area contributed by atoms with Gasteiger partial charge in [0.05, 0.1) is 11.9 Å². The summed E-state index contributed by atoms with van der Waals surface area (Å²) in [6.45, 7) is 0.659. The molecular weight excluding hydrogens is 324 g/mol. The standard InChI is InChI=1S/C18H15ClN4O/c19-15-3-1-14(2-4-15)18(24)23-16-5-6-17(22-12-16)21-11-13-7-9-20-10-8-13/h1-10,12H,11H2,(H,21,22)(H,23,24). The van der Waals surface area contributed by atoms with Crippen molar-refractivity contribution >= 4 is 29.0 Å². The van der Waals surface area contributed by atoms with Crippen LogP contribution >= 0.6 is 11.6 Å². The van der Waals surface area contributed by atoms with Crippen molar-refractivity contribution in [1.29, 1.82) is 0 Å². The number of carbonyl (C=O) groups excluding carboxylic acids is 1. The highest BCUT2D eigenvalue weighted by atomic mass is 35.5. The number of benzene rings is 1. The first-order chi connectivity index (χ1) is 11.7. The summed E-state index contributed by atoms with van der Waals surface area (Å²) < 4.78 is 0. The Labute approximate surface area is 144 Å². The Morgan fingerprint density at radius 2 is 1.75 bits per heavy atom. The summed E-state index contributed by atoms with van der Waals surface area (Å²) in [5, 5.41) is 6.61. The minimum absolute atomic E-state index is 0.203. The number of nitrogens with one attached hydrogen (secondary N) is 2. The Bertz CT molecular complexity index is 805. The molecule has 2 heterocycles. The Morgan fingerprint density at radius 1 is 1.00 bits per heavy atom. The van der Waals surface area contributed by atoms with E-state index in [0.717, 1.165) is 11.4 Å². The molecule has 120 valence electrons. The van der Waals surface area contributed by atoms with Gasteiger partial charge in [0.2, 0.25) is 0 Å². The average Bonchev–Trinajstić information content (AvgIpc) is 2.62. The van der Waals surface area contributed by atoms with Crippen molar-refractivity contribution in [3.63, 3.8) is 0 Å². The average molecular weight is 339 g/mol. The van der Waals surface area contributed by atoms with Gasteiger partial charge in [0.1, 0.15) is 5.82 Å². The van der Waals surface area contributed by atoms with E-state index in [4.69, 9.17) is 11.6 Å². The fourth-order valence-corrected chi connectivity index (χ4v) is 2.20. The van der Waals surface area contributed by atoms with Gasteiger partial charge < -0.3 is 10.6 Å². The van der Waals surface area contributed by atoms with E-state index in [1.165, 1.54) is 0 Å². The van der Waals surface area contributed by atoms with E-state index in [2.05, 4.69) is 20.6 Å². The molecule has 1 aromatic carbocycles. The van der Waals surface area contributed by atoms with Gasteiger partial charge in [-0.25, -0.2) is 4.98 Å². The smallest absolute Gasteiger partial charge is 0.255 e. The highest BCUT2D eigenvalue weighted by Crippen LogP contribution is 2.14. The lowest BCUT2D eigenvalue weighted by Crippen LogP contribution is -2.12. The maximum atomic E-state index is 12.1. The Kier molecular flexibility index (Phi) is 5.03. The van der Waals surface area contributed by atoms with Crippen molar-refractivity contribution in [3.8, 4) is 0 Å². The summed E-state index contributed by atoms with van der Waals surface area (Å²) in [7, 11) is 0. The lowest BCUT2D eigenvalue weighted by molar-refractivity contribution is 0.102. The van der Waals surface area contributed by atoms with Crippen molar-refractivity contribution in [2.45, 2.75) is 6.54 Å². The van der Waals surface area contributed by atoms with Crippen LogP contribution in [0.2, 0.25) is 5.02 Å². The Morgan fingerprint density at radius 3 is 2.42 bits per heavy atom. The van der Waals surface area contributed by atoms with E-state index in [0.29, 0.717) is 22.8 Å². The van der Waals surface area contributed by atoms with Gasteiger partial charge in [0.15, 0.2) is 0 Å². The second-order valence-corrected chi connectivity index (χ2v) is 5.54. The molecule has 0 saturated carbocycles. The molecule has 0 spiro atoms. The summed E-state index contributed by atoms with van der Waals surface area (Å²) >= 11 is 5.82. The molecule has 0 radical (unpaired) electrons. The molecule has 0 saturated heterocycles. The van der Waals surface area contributed by atoms with Crippen molar-refractivity contribution in [2.75, 3.05) is 10.6 Å². The van der Waals surface area contributed by atoms with Gasteiger partial charge in [-0.2, -0.15) is 0 Å². The number of hydrogen-bond acceptors (Lipinski definition) is 4. The van der Waals surface area contributed by atoms with Crippen LogP contribution in [0, 0.1) is 0 Å². The minimum Gasteiger partial charge on any atom is -0.366 e. The molecule has 3 rings (SSSR count). The van der Waals surface area contributed by atoms with Gasteiger partial charge in [-0.1, -0.05) is 11.6 Å². The third-order valence-electron chi connectivity index (χ3n) is 3.35. The van der Waals surface area contributed by atoms with E-state index < -0.39 is 0 Å². The van der Waals surface area contributed by atoms with Gasteiger partial charge in [-0.05, 0) is 54.1 Å². The summed E-state index contributed by atoms with van der Waals surface area (Å²) in [5.74, 6) is 0.530. The fourth-order valence-electron chi connectivity index (χ4n) is 2.07. The highest BCUT2D eigenvalue weighted by molar-refractivity contribution is 6.30. The summed E-state index contributed by atoms with van der Waals surface area (Å²) in [6, 6.07) is 14.2. The number of hydrogen-bond donors (Lipinski definition) is 2. The molecule has 0 atom stereocenters. The summed E-state index contributed by atoms with van der Waals surface area (Å²) in [6.07, 6.45) is 5.11. The number of anilines is 2. The van der Waals surface area contributed by atoms with Gasteiger partial charge in [-0.15, -0.1) is 0 Å². The zero-order valence-corrected chi connectivity index (χ0v) is 13.5. The first-order valence-corrected chi connectivity index (χ1v) is 7.74. The zero-order valence-electron chi connectivity index (χ0n) is 12.7. The van der Waals surface area contributed by atoms with Crippen LogP contribution in [0.15, 0.2) is 67.1 Å². The fraction of sp³-hybridized carbons (Fsp3) is 0.0556. The maximum Gasteiger partial charge on any atom is 0.255 e. The molecule has 0 aliphatic rings. The SMILES string of the molecule is O=C(Nc1ccc(NCc2ccncc2)nc1)c1ccc(Cl)cc1. The normalized spacial score (nSPS) is 10.2. The molecule has 0 bridgehead atoms. The van der Waals surface area contributed by atoms with Crippen LogP contribution in [0.5, 0.6) is 0 Å². The molecule has 3 aromatic rings. The van der Waals surface area contributed by atoms with Gasteiger partial charge >= 0.3 is 0 Å². The Hall–Kier alpha value is -2.92. The van der Waals surface area contributed by atoms with Crippen LogP contribution in [0.3, 0.4) is 0 Å². The predicted molar refractivity (Wildman–Crippen MR) is 95.2 cm³/mol. The third kappa shape index (κ3) is 4.30. The summed E-state index contributed by atoms with van der Waals surface area (Å²) in [4.78, 5) is 20.4. The van der Waals surface area contributed by atoms with E-state index >= 15 is 0 Å². The highest BCUT2D eigenvalue weighted by Gasteiger charge is 2.06. The van der Waals surface area contributed by atoms with Gasteiger partial charge in [0, 0.05) is 29.5 Å². The predicted octanol–water partition coefficient (Wildman–Crippen LogP) is 3.99. The molecular formula is C18H15ClN4O. The largest absolute Gasteiger partial charge is 0.366 e. The Balaban J connectivity index is 1.58. The number of nitrogens with zero attached hydrogens (tertiary/aromatic N) is 2. The van der Waals surface area contributed by atoms with Crippen molar-refractivity contribution < 1.29 is 4.79 Å². The van der Waals surface area contributed by atoms with Gasteiger partial charge in [0.25, 0.3) is 5.91 Å². The van der Waals surface area contributed by atoms with Crippen LogP contribution in [0.1, 0.15) is 15.9 Å². The molecule has 2 N–H and O–H groups in total. The van der Waals surface area contributed by atoms with E-state index in [-0.39, 0.29) is 5.91 Å². The number of aromatic nitrogens is 2. The lowest BCUT2D eigenvalue weighted by Gasteiger charge is -2.08. The minimum atomic E-state index is -0.203. The van der Waals surface area contributed by atoms with E-state index in [1.54, 1.807) is 48.9 Å². The number of halogens is 1. The molecule has 6 heteroatoms. The van der Waals surface area contributed by atoms with Crippen LogP contribution in [0.4, 0.5) is 11.5 Å². The molecule has 0 aliphatic heterocycles. The maximum absolute atomic E-state index is 12.1. The van der Waals surface area contributed by atoms with Crippen molar-refractivity contribution in [1.82, 2.24) is 9.97 Å². The topological polar surface area (TPSA) is 66.9 Å². The lowest BCUT2D eigenvalue weighted by atomic mass is 10.2. The van der Waals surface area contributed by atoms with Crippen LogP contribution in [-0.4, -0.2) is 15.9 Å². The molecule has 24 heavy (non-hydrogen) atoms. The molecule has 0 unspecified atom stereocenters. The number of pyridine rings is 2. The summed E-state index contributed by atoms with van der Waals surface area (Å²) in [5.41, 5.74) is 2.29. The van der Waals surface area contributed by atoms with Gasteiger partial charge in [-0.3, -0.25) is 9.78 Å². The first-order valence-electron chi connectivity index (χ1n) is 7.36. The number of carbonyl (C=O) groups is 1. The monoisotopic (exact) mass is 338 g/mol. The molecule has 2 aromatic heterocycles. The van der Waals surface area contributed by atoms with Crippen LogP contribution in [0.25, 0.3) is 0 Å². The van der Waals surface area contributed by atoms with Crippen molar-refractivity contribution in [3.05, 3.63) is 83.3 Å². The van der Waals surface area contributed by atoms with Crippen LogP contribution in [-0.2, 0) is 6.54 Å². The number of amides is 1. The third-order valence-corrected chi connectivity index (χ3v) is 3.60. The quantitative estimate of drug-likeness (QED) is 0.738. The zero-order chi connectivity index (χ0) is 16.8. The van der Waals surface area contributed by atoms with Crippen LogP contribution < -0.4 is 10.6 Å². The second-order valence-electron chi connectivity index (χ2n) is 5.10. The van der Waals surface area contributed by atoms with E-state index in [9.17, 15) is 4.79 Å². The number of rotatable bonds is 5. The molecule has 1 amide bonds. The molecule has 5 nitrogen and oxygen atoms in total. The first kappa shape index (κ1) is 16.0.